The van der Waals surface area contributed by atoms with Gasteiger partial charge in [-0.05, 0) is 29.8 Å². The average molecular weight is 365 g/mol. The lowest BCUT2D eigenvalue weighted by Gasteiger charge is -2.12. The SMILES string of the molecule is COc1ccc(COc2nc3c(Cl)ccc(Cl)c3nc2NN)cc1. The van der Waals surface area contributed by atoms with Crippen LogP contribution in [-0.2, 0) is 6.61 Å². The van der Waals surface area contributed by atoms with Crippen LogP contribution < -0.4 is 20.7 Å². The maximum atomic E-state index is 6.16. The number of hydrazine groups is 1. The molecule has 24 heavy (non-hydrogen) atoms. The number of aromatic nitrogens is 2. The quantitative estimate of drug-likeness (QED) is 0.529. The van der Waals surface area contributed by atoms with Crippen molar-refractivity contribution in [2.45, 2.75) is 6.61 Å². The number of nitrogens with two attached hydrogens (primary N) is 1. The molecular formula is C16H14Cl2N4O2. The van der Waals surface area contributed by atoms with Crippen molar-refractivity contribution in [3.05, 3.63) is 52.0 Å². The van der Waals surface area contributed by atoms with E-state index in [4.69, 9.17) is 38.5 Å². The number of anilines is 1. The van der Waals surface area contributed by atoms with E-state index < -0.39 is 0 Å². The third kappa shape index (κ3) is 3.31. The van der Waals surface area contributed by atoms with Crippen LogP contribution in [0.25, 0.3) is 11.0 Å². The van der Waals surface area contributed by atoms with Crippen molar-refractivity contribution in [1.82, 2.24) is 9.97 Å². The van der Waals surface area contributed by atoms with Crippen LogP contribution >= 0.6 is 23.2 Å². The van der Waals surface area contributed by atoms with E-state index in [1.807, 2.05) is 24.3 Å². The molecule has 0 amide bonds. The number of nitrogens with zero attached hydrogens (tertiary/aromatic N) is 2. The van der Waals surface area contributed by atoms with E-state index >= 15 is 0 Å². The highest BCUT2D eigenvalue weighted by Gasteiger charge is 2.14. The number of nitrogen functional groups attached to an aromatic ring is 1. The Morgan fingerprint density at radius 1 is 1.00 bits per heavy atom. The molecule has 124 valence electrons. The van der Waals surface area contributed by atoms with Gasteiger partial charge in [0.2, 0.25) is 5.82 Å². The molecule has 0 aliphatic heterocycles. The van der Waals surface area contributed by atoms with Gasteiger partial charge in [0, 0.05) is 0 Å². The van der Waals surface area contributed by atoms with Crippen LogP contribution in [0.15, 0.2) is 36.4 Å². The van der Waals surface area contributed by atoms with Gasteiger partial charge in [0.05, 0.1) is 17.2 Å². The number of fused-ring (bicyclic) bond motifs is 1. The summed E-state index contributed by atoms with van der Waals surface area (Å²) in [6.45, 7) is 0.289. The predicted octanol–water partition coefficient (Wildman–Crippen LogP) is 3.81. The zero-order valence-electron chi connectivity index (χ0n) is 12.7. The lowest BCUT2D eigenvalue weighted by Crippen LogP contribution is -2.12. The van der Waals surface area contributed by atoms with E-state index in [1.54, 1.807) is 19.2 Å². The first-order valence-corrected chi connectivity index (χ1v) is 7.76. The molecular weight excluding hydrogens is 351 g/mol. The Morgan fingerprint density at radius 2 is 1.62 bits per heavy atom. The van der Waals surface area contributed by atoms with Gasteiger partial charge in [0.1, 0.15) is 23.4 Å². The second-order valence-corrected chi connectivity index (χ2v) is 5.70. The van der Waals surface area contributed by atoms with E-state index in [1.165, 1.54) is 0 Å². The molecule has 0 unspecified atom stereocenters. The van der Waals surface area contributed by atoms with Crippen molar-refractivity contribution < 1.29 is 9.47 Å². The molecule has 0 bridgehead atoms. The van der Waals surface area contributed by atoms with Crippen molar-refractivity contribution in [2.24, 2.45) is 5.84 Å². The van der Waals surface area contributed by atoms with E-state index in [9.17, 15) is 0 Å². The van der Waals surface area contributed by atoms with Gasteiger partial charge < -0.3 is 14.9 Å². The Hall–Kier alpha value is -2.28. The normalized spacial score (nSPS) is 10.7. The Kier molecular flexibility index (Phi) is 4.89. The topological polar surface area (TPSA) is 82.3 Å². The number of hydrogen-bond donors (Lipinski definition) is 2. The van der Waals surface area contributed by atoms with Crippen molar-refractivity contribution >= 4 is 40.1 Å². The molecule has 1 aromatic heterocycles. The van der Waals surface area contributed by atoms with Crippen molar-refractivity contribution in [3.63, 3.8) is 0 Å². The summed E-state index contributed by atoms with van der Waals surface area (Å²) in [5.41, 5.74) is 4.32. The molecule has 0 atom stereocenters. The maximum Gasteiger partial charge on any atom is 0.259 e. The maximum absolute atomic E-state index is 6.16. The van der Waals surface area contributed by atoms with E-state index in [2.05, 4.69) is 15.4 Å². The fourth-order valence-corrected chi connectivity index (χ4v) is 2.51. The molecule has 0 saturated carbocycles. The Bertz CT molecular complexity index is 872. The van der Waals surface area contributed by atoms with Gasteiger partial charge in [0.15, 0.2) is 0 Å². The third-order valence-electron chi connectivity index (χ3n) is 3.36. The van der Waals surface area contributed by atoms with Crippen LogP contribution in [0.5, 0.6) is 11.6 Å². The summed E-state index contributed by atoms with van der Waals surface area (Å²) in [6.07, 6.45) is 0. The smallest absolute Gasteiger partial charge is 0.259 e. The largest absolute Gasteiger partial charge is 0.497 e. The van der Waals surface area contributed by atoms with Crippen LogP contribution in [0, 0.1) is 0 Å². The monoisotopic (exact) mass is 364 g/mol. The summed E-state index contributed by atoms with van der Waals surface area (Å²) in [7, 11) is 1.62. The Morgan fingerprint density at radius 3 is 2.21 bits per heavy atom. The van der Waals surface area contributed by atoms with Gasteiger partial charge in [-0.1, -0.05) is 35.3 Å². The summed E-state index contributed by atoms with van der Waals surface area (Å²) in [4.78, 5) is 8.72. The molecule has 0 radical (unpaired) electrons. The average Bonchev–Trinajstić information content (AvgIpc) is 2.63. The van der Waals surface area contributed by atoms with Crippen LogP contribution in [0.2, 0.25) is 10.0 Å². The zero-order chi connectivity index (χ0) is 17.1. The van der Waals surface area contributed by atoms with Gasteiger partial charge in [-0.15, -0.1) is 0 Å². The summed E-state index contributed by atoms with van der Waals surface area (Å²) in [6, 6.07) is 10.8. The number of methoxy groups -OCH3 is 1. The number of hydrogen-bond acceptors (Lipinski definition) is 6. The van der Waals surface area contributed by atoms with Gasteiger partial charge >= 0.3 is 0 Å². The third-order valence-corrected chi connectivity index (χ3v) is 3.97. The number of nitrogens with one attached hydrogen (secondary N) is 1. The van der Waals surface area contributed by atoms with Gasteiger partial charge in [0.25, 0.3) is 5.88 Å². The van der Waals surface area contributed by atoms with Crippen LogP contribution in [0.3, 0.4) is 0 Å². The van der Waals surface area contributed by atoms with Gasteiger partial charge in [-0.3, -0.25) is 0 Å². The number of benzene rings is 2. The fourth-order valence-electron chi connectivity index (χ4n) is 2.13. The highest BCUT2D eigenvalue weighted by Crippen LogP contribution is 2.31. The molecule has 1 heterocycles. The minimum Gasteiger partial charge on any atom is -0.497 e. The molecule has 0 fully saturated rings. The van der Waals surface area contributed by atoms with E-state index in [0.717, 1.165) is 11.3 Å². The minimum atomic E-state index is 0.241. The Labute approximate surface area is 148 Å². The predicted molar refractivity (Wildman–Crippen MR) is 94.7 cm³/mol. The fraction of sp³-hybridized carbons (Fsp3) is 0.125. The second kappa shape index (κ2) is 7.09. The van der Waals surface area contributed by atoms with E-state index in [-0.39, 0.29) is 18.3 Å². The van der Waals surface area contributed by atoms with Crippen LogP contribution in [0.1, 0.15) is 5.56 Å². The molecule has 6 nitrogen and oxygen atoms in total. The zero-order valence-corrected chi connectivity index (χ0v) is 14.2. The van der Waals surface area contributed by atoms with Crippen LogP contribution in [-0.4, -0.2) is 17.1 Å². The lowest BCUT2D eigenvalue weighted by atomic mass is 10.2. The highest BCUT2D eigenvalue weighted by molar-refractivity contribution is 6.39. The van der Waals surface area contributed by atoms with Crippen molar-refractivity contribution in [2.75, 3.05) is 12.5 Å². The highest BCUT2D eigenvalue weighted by atomic mass is 35.5. The number of rotatable bonds is 5. The summed E-state index contributed by atoms with van der Waals surface area (Å²) in [5.74, 6) is 6.80. The van der Waals surface area contributed by atoms with Crippen LogP contribution in [0.4, 0.5) is 5.82 Å². The molecule has 0 saturated heterocycles. The summed E-state index contributed by atoms with van der Waals surface area (Å²) in [5, 5.41) is 0.861. The van der Waals surface area contributed by atoms with E-state index in [0.29, 0.717) is 21.1 Å². The molecule has 3 rings (SSSR count). The minimum absolute atomic E-state index is 0.241. The number of ether oxygens (including phenoxy) is 2. The lowest BCUT2D eigenvalue weighted by molar-refractivity contribution is 0.295. The Balaban J connectivity index is 1.91. The molecule has 0 aliphatic rings. The van der Waals surface area contributed by atoms with Gasteiger partial charge in [-0.2, -0.15) is 0 Å². The van der Waals surface area contributed by atoms with Crippen molar-refractivity contribution in [3.8, 4) is 11.6 Å². The first-order valence-electron chi connectivity index (χ1n) is 7.00. The second-order valence-electron chi connectivity index (χ2n) is 4.88. The molecule has 8 heteroatoms. The summed E-state index contributed by atoms with van der Waals surface area (Å²) >= 11 is 12.3. The van der Waals surface area contributed by atoms with Crippen molar-refractivity contribution in [1.29, 1.82) is 0 Å². The molecule has 3 N–H and O–H groups in total. The standard InChI is InChI=1S/C16H14Cl2N4O2/c1-23-10-4-2-9(3-5-10)8-24-16-15(22-19)20-13-11(17)6-7-12(18)14(13)21-16/h2-7H,8,19H2,1H3,(H,20,22). The molecule has 0 aliphatic carbocycles. The molecule has 3 aromatic rings. The first-order chi connectivity index (χ1) is 11.6. The molecule has 0 spiro atoms. The first kappa shape index (κ1) is 16.6. The number of halogens is 2. The summed E-state index contributed by atoms with van der Waals surface area (Å²) < 4.78 is 10.9. The molecule has 2 aromatic carbocycles. The van der Waals surface area contributed by atoms with Gasteiger partial charge in [-0.25, -0.2) is 15.8 Å².